The van der Waals surface area contributed by atoms with E-state index in [0.29, 0.717) is 0 Å². The van der Waals surface area contributed by atoms with Gasteiger partial charge in [0.05, 0.1) is 23.6 Å². The van der Waals surface area contributed by atoms with E-state index in [-0.39, 0.29) is 38.7 Å². The summed E-state index contributed by atoms with van der Waals surface area (Å²) in [5.41, 5.74) is 0. The Labute approximate surface area is 155 Å². The van der Waals surface area contributed by atoms with Gasteiger partial charge < -0.3 is 18.9 Å². The van der Waals surface area contributed by atoms with Gasteiger partial charge in [-0.25, -0.2) is 13.2 Å². The van der Waals surface area contributed by atoms with Crippen LogP contribution in [-0.4, -0.2) is 34.4 Å². The summed E-state index contributed by atoms with van der Waals surface area (Å²) >= 11 is 6.15. The molecule has 7 nitrogen and oxygen atoms in total. The maximum absolute atomic E-state index is 13.0. The number of hydrogen-bond acceptors (Lipinski definition) is 7. The lowest BCUT2D eigenvalue weighted by Crippen LogP contribution is -2.30. The summed E-state index contributed by atoms with van der Waals surface area (Å²) in [6.45, 7) is 1.81. The topological polar surface area (TPSA) is 88.1 Å². The van der Waals surface area contributed by atoms with Gasteiger partial charge in [0, 0.05) is 12.1 Å². The van der Waals surface area contributed by atoms with Gasteiger partial charge in [-0.3, -0.25) is 0 Å². The molecule has 1 unspecified atom stereocenters. The highest BCUT2D eigenvalue weighted by Gasteiger charge is 2.35. The predicted molar refractivity (Wildman–Crippen MR) is 91.6 cm³/mol. The zero-order chi connectivity index (χ0) is 18.9. The van der Waals surface area contributed by atoms with Crippen molar-refractivity contribution in [3.8, 4) is 17.2 Å². The Morgan fingerprint density at radius 2 is 1.81 bits per heavy atom. The monoisotopic (exact) mass is 398 g/mol. The second-order valence-corrected chi connectivity index (χ2v) is 7.50. The summed E-state index contributed by atoms with van der Waals surface area (Å²) in [5, 5.41) is -0.0669. The van der Waals surface area contributed by atoms with Crippen LogP contribution in [0, 0.1) is 0 Å². The number of rotatable bonds is 5. The van der Waals surface area contributed by atoms with E-state index in [4.69, 9.17) is 30.5 Å². The van der Waals surface area contributed by atoms with E-state index < -0.39 is 22.1 Å². The van der Waals surface area contributed by atoms with Crippen molar-refractivity contribution in [3.05, 3.63) is 41.4 Å². The molecule has 1 aliphatic rings. The molecule has 0 radical (unpaired) electrons. The lowest BCUT2D eigenvalue weighted by Gasteiger charge is -2.11. The molecular weight excluding hydrogens is 384 g/mol. The van der Waals surface area contributed by atoms with Crippen LogP contribution in [0.2, 0.25) is 5.02 Å². The highest BCUT2D eigenvalue weighted by atomic mass is 35.5. The third-order valence-corrected chi connectivity index (χ3v) is 5.85. The van der Waals surface area contributed by atoms with Gasteiger partial charge in [0.25, 0.3) is 0 Å². The van der Waals surface area contributed by atoms with Gasteiger partial charge in [-0.2, -0.15) is 0 Å². The van der Waals surface area contributed by atoms with Crippen molar-refractivity contribution in [1.29, 1.82) is 0 Å². The quantitative estimate of drug-likeness (QED) is 0.715. The van der Waals surface area contributed by atoms with E-state index in [1.54, 1.807) is 19.1 Å². The molecule has 0 saturated heterocycles. The molecule has 0 saturated carbocycles. The third kappa shape index (κ3) is 3.17. The number of hydrogen-bond donors (Lipinski definition) is 0. The number of carbonyl (C=O) groups is 1. The molecule has 26 heavy (non-hydrogen) atoms. The summed E-state index contributed by atoms with van der Waals surface area (Å²) in [4.78, 5) is 11.5. The van der Waals surface area contributed by atoms with Crippen molar-refractivity contribution >= 4 is 27.4 Å². The maximum Gasteiger partial charge on any atom is 0.389 e. The van der Waals surface area contributed by atoms with E-state index >= 15 is 0 Å². The molecule has 1 aliphatic heterocycles. The summed E-state index contributed by atoms with van der Waals surface area (Å²) in [5.74, 6) is -0.285. The molecule has 0 fully saturated rings. The molecule has 0 aromatic heterocycles. The van der Waals surface area contributed by atoms with Crippen LogP contribution in [0.1, 0.15) is 6.92 Å². The predicted octanol–water partition coefficient (Wildman–Crippen LogP) is 2.84. The lowest BCUT2D eigenvalue weighted by molar-refractivity contribution is -0.161. The third-order valence-electron chi connectivity index (χ3n) is 3.59. The molecular formula is C17H15ClO7S. The van der Waals surface area contributed by atoms with Gasteiger partial charge >= 0.3 is 12.3 Å². The van der Waals surface area contributed by atoms with Gasteiger partial charge in [0.2, 0.25) is 9.84 Å². The molecule has 138 valence electrons. The Kier molecular flexibility index (Phi) is 4.97. The Bertz CT molecular complexity index is 956. The Morgan fingerprint density at radius 3 is 2.46 bits per heavy atom. The number of carbonyl (C=O) groups excluding carboxylic acids is 1. The fourth-order valence-corrected chi connectivity index (χ4v) is 4.37. The summed E-state index contributed by atoms with van der Waals surface area (Å²) < 4.78 is 46.6. The van der Waals surface area contributed by atoms with E-state index in [0.717, 1.165) is 0 Å². The first-order valence-electron chi connectivity index (χ1n) is 7.60. The highest BCUT2D eigenvalue weighted by Crippen LogP contribution is 2.43. The molecule has 0 spiro atoms. The van der Waals surface area contributed by atoms with E-state index in [2.05, 4.69) is 0 Å². The number of benzene rings is 2. The van der Waals surface area contributed by atoms with Crippen LogP contribution in [0.15, 0.2) is 46.2 Å². The smallest absolute Gasteiger partial charge is 0.389 e. The van der Waals surface area contributed by atoms with Gasteiger partial charge in [0.1, 0.15) is 10.6 Å². The SMILES string of the molecule is CCOC(=O)C1Oc2cc(Cl)c(S(=O)(=O)c3ccccc3OC)cc2O1. The van der Waals surface area contributed by atoms with Crippen molar-refractivity contribution in [2.45, 2.75) is 23.0 Å². The number of esters is 1. The zero-order valence-electron chi connectivity index (χ0n) is 13.9. The minimum atomic E-state index is -3.99. The standard InChI is InChI=1S/C17H15ClO7S/c1-3-23-16(19)17-24-12-8-10(18)15(9-13(12)25-17)26(20,21)14-7-5-4-6-11(14)22-2/h4-9,17H,3H2,1-2H3. The van der Waals surface area contributed by atoms with Crippen LogP contribution < -0.4 is 14.2 Å². The lowest BCUT2D eigenvalue weighted by atomic mass is 10.3. The fraction of sp³-hybridized carbons (Fsp3) is 0.235. The average Bonchev–Trinajstić information content (AvgIpc) is 3.04. The Hall–Kier alpha value is -2.45. The molecule has 1 atom stereocenters. The normalized spacial score (nSPS) is 15.6. The second-order valence-electron chi connectivity index (χ2n) is 5.20. The number of halogens is 1. The van der Waals surface area contributed by atoms with Crippen LogP contribution in [0.5, 0.6) is 17.2 Å². The maximum atomic E-state index is 13.0. The number of fused-ring (bicyclic) bond motifs is 1. The first kappa shape index (κ1) is 18.3. The molecule has 2 aromatic carbocycles. The first-order valence-corrected chi connectivity index (χ1v) is 9.46. The van der Waals surface area contributed by atoms with Crippen molar-refractivity contribution < 1.29 is 32.2 Å². The van der Waals surface area contributed by atoms with Gasteiger partial charge in [0.15, 0.2) is 11.5 Å². The average molecular weight is 399 g/mol. The van der Waals surface area contributed by atoms with Gasteiger partial charge in [-0.15, -0.1) is 0 Å². The molecule has 3 rings (SSSR count). The molecule has 0 bridgehead atoms. The van der Waals surface area contributed by atoms with Crippen LogP contribution >= 0.6 is 11.6 Å². The summed E-state index contributed by atoms with van der Waals surface area (Å²) in [6.07, 6.45) is -1.30. The summed E-state index contributed by atoms with van der Waals surface area (Å²) in [7, 11) is -2.62. The summed E-state index contributed by atoms with van der Waals surface area (Å²) in [6, 6.07) is 8.69. The minimum absolute atomic E-state index is 0.0368. The van der Waals surface area contributed by atoms with Crippen molar-refractivity contribution in [1.82, 2.24) is 0 Å². The molecule has 1 heterocycles. The van der Waals surface area contributed by atoms with Gasteiger partial charge in [-0.1, -0.05) is 23.7 Å². The number of para-hydroxylation sites is 1. The van der Waals surface area contributed by atoms with Gasteiger partial charge in [-0.05, 0) is 19.1 Å². The minimum Gasteiger partial charge on any atom is -0.495 e. The van der Waals surface area contributed by atoms with Crippen LogP contribution in [-0.2, 0) is 19.4 Å². The largest absolute Gasteiger partial charge is 0.495 e. The Balaban J connectivity index is 2.01. The molecule has 2 aromatic rings. The molecule has 9 heteroatoms. The van der Waals surface area contributed by atoms with E-state index in [1.807, 2.05) is 0 Å². The zero-order valence-corrected chi connectivity index (χ0v) is 15.5. The fourth-order valence-electron chi connectivity index (χ4n) is 2.43. The van der Waals surface area contributed by atoms with Crippen LogP contribution in [0.3, 0.4) is 0 Å². The number of methoxy groups -OCH3 is 1. The van der Waals surface area contributed by atoms with Crippen LogP contribution in [0.4, 0.5) is 0 Å². The first-order chi connectivity index (χ1) is 12.4. The number of ether oxygens (including phenoxy) is 4. The Morgan fingerprint density at radius 1 is 1.15 bits per heavy atom. The van der Waals surface area contributed by atoms with Crippen molar-refractivity contribution in [2.24, 2.45) is 0 Å². The number of sulfone groups is 1. The molecule has 0 amide bonds. The van der Waals surface area contributed by atoms with Crippen molar-refractivity contribution in [2.75, 3.05) is 13.7 Å². The second kappa shape index (κ2) is 7.05. The van der Waals surface area contributed by atoms with E-state index in [9.17, 15) is 13.2 Å². The molecule has 0 aliphatic carbocycles. The van der Waals surface area contributed by atoms with Crippen LogP contribution in [0.25, 0.3) is 0 Å². The highest BCUT2D eigenvalue weighted by molar-refractivity contribution is 7.91. The van der Waals surface area contributed by atoms with Crippen molar-refractivity contribution in [3.63, 3.8) is 0 Å². The van der Waals surface area contributed by atoms with E-state index in [1.165, 1.54) is 31.4 Å². The molecule has 0 N–H and O–H groups in total.